The van der Waals surface area contributed by atoms with E-state index in [0.717, 1.165) is 9.82 Å². The van der Waals surface area contributed by atoms with E-state index in [4.69, 9.17) is 9.47 Å². The van der Waals surface area contributed by atoms with Crippen LogP contribution in [0.25, 0.3) is 11.0 Å². The summed E-state index contributed by atoms with van der Waals surface area (Å²) < 4.78 is 37.3. The summed E-state index contributed by atoms with van der Waals surface area (Å²) in [6.07, 6.45) is -0.0811. The molecule has 2 heterocycles. The summed E-state index contributed by atoms with van der Waals surface area (Å²) in [5, 5.41) is 0. The molecule has 0 spiro atoms. The number of aryl methyl sites for hydroxylation is 2. The molecule has 0 amide bonds. The smallest absolute Gasteiger partial charge is 0.347 e. The maximum absolute atomic E-state index is 12.3. The molecule has 27 heavy (non-hydrogen) atoms. The first-order valence-corrected chi connectivity index (χ1v) is 9.88. The maximum Gasteiger partial charge on any atom is 0.347 e. The summed E-state index contributed by atoms with van der Waals surface area (Å²) in [6, 6.07) is 4.74. The number of fused-ring (bicyclic) bond motifs is 1. The summed E-state index contributed by atoms with van der Waals surface area (Å²) in [5.74, 6) is -0.391. The number of carbonyl (C=O) groups excluding carboxylic acids is 2. The van der Waals surface area contributed by atoms with Gasteiger partial charge in [0.25, 0.3) is 0 Å². The van der Waals surface area contributed by atoms with E-state index in [0.29, 0.717) is 24.2 Å². The van der Waals surface area contributed by atoms with Crippen molar-refractivity contribution in [3.63, 3.8) is 0 Å². The lowest BCUT2D eigenvalue weighted by atomic mass is 10.3. The topological polar surface area (TPSA) is 108 Å². The van der Waals surface area contributed by atoms with E-state index in [-0.39, 0.29) is 17.9 Å². The average Bonchev–Trinajstić information content (AvgIpc) is 3.16. The molecule has 1 aromatic carbocycles. The first kappa shape index (κ1) is 19.3. The Hall–Kier alpha value is -2.46. The van der Waals surface area contributed by atoms with E-state index in [9.17, 15) is 18.0 Å². The second-order valence-corrected chi connectivity index (χ2v) is 8.61. The van der Waals surface area contributed by atoms with Gasteiger partial charge in [-0.15, -0.1) is 0 Å². The molecule has 1 aromatic heterocycles. The molecule has 3 rings (SSSR count). The van der Waals surface area contributed by atoms with Gasteiger partial charge in [-0.25, -0.2) is 22.5 Å². The van der Waals surface area contributed by atoms with Gasteiger partial charge in [0.05, 0.1) is 29.0 Å². The zero-order valence-electron chi connectivity index (χ0n) is 15.3. The van der Waals surface area contributed by atoms with Gasteiger partial charge in [0.15, 0.2) is 0 Å². The molecule has 146 valence electrons. The highest BCUT2D eigenvalue weighted by Gasteiger charge is 2.30. The number of sulfonamides is 1. The van der Waals surface area contributed by atoms with E-state index in [1.807, 2.05) is 0 Å². The van der Waals surface area contributed by atoms with Gasteiger partial charge < -0.3 is 14.0 Å². The molecule has 0 saturated carbocycles. The van der Waals surface area contributed by atoms with Gasteiger partial charge in [-0.1, -0.05) is 0 Å². The molecule has 1 unspecified atom stereocenters. The third kappa shape index (κ3) is 3.81. The molecule has 9 nitrogen and oxygen atoms in total. The van der Waals surface area contributed by atoms with Crippen LogP contribution in [0.15, 0.2) is 23.1 Å². The third-order valence-electron chi connectivity index (χ3n) is 4.44. The largest absolute Gasteiger partial charge is 0.463 e. The maximum atomic E-state index is 12.3. The Bertz CT molecular complexity index is 996. The van der Waals surface area contributed by atoms with Crippen molar-refractivity contribution in [3.8, 4) is 0 Å². The molecule has 2 aromatic rings. The Labute approximate surface area is 156 Å². The highest BCUT2D eigenvalue weighted by atomic mass is 32.2. The van der Waals surface area contributed by atoms with Gasteiger partial charge in [-0.2, -0.15) is 0 Å². The van der Waals surface area contributed by atoms with Crippen LogP contribution in [0.5, 0.6) is 0 Å². The van der Waals surface area contributed by atoms with E-state index >= 15 is 0 Å². The molecule has 10 heteroatoms. The first-order chi connectivity index (χ1) is 12.7. The number of imidazole rings is 1. The van der Waals surface area contributed by atoms with E-state index in [1.54, 1.807) is 17.7 Å². The van der Waals surface area contributed by atoms with Crippen molar-refractivity contribution in [2.24, 2.45) is 7.05 Å². The number of nitrogens with zero attached hydrogens (tertiary/aromatic N) is 3. The van der Waals surface area contributed by atoms with Gasteiger partial charge in [-0.05, 0) is 18.2 Å². The van der Waals surface area contributed by atoms with Crippen LogP contribution >= 0.6 is 0 Å². The predicted molar refractivity (Wildman–Crippen MR) is 95.4 cm³/mol. The number of rotatable bonds is 6. The number of cyclic esters (lactones) is 1. The van der Waals surface area contributed by atoms with Crippen LogP contribution in [0.3, 0.4) is 0 Å². The molecule has 1 aliphatic heterocycles. The fraction of sp³-hybridized carbons (Fsp3) is 0.471. The normalized spacial score (nSPS) is 17.5. The van der Waals surface area contributed by atoms with Crippen molar-refractivity contribution in [2.45, 2.75) is 30.3 Å². The van der Waals surface area contributed by atoms with Crippen LogP contribution in [0.4, 0.5) is 0 Å². The summed E-state index contributed by atoms with van der Waals surface area (Å²) in [6.45, 7) is 0.264. The quantitative estimate of drug-likeness (QED) is 0.660. The molecular formula is C17H21N3O6S. The summed E-state index contributed by atoms with van der Waals surface area (Å²) in [5.41, 5.74) is 1.29. The van der Waals surface area contributed by atoms with Crippen LogP contribution in [0.2, 0.25) is 0 Å². The lowest BCUT2D eigenvalue weighted by Crippen LogP contribution is -2.23. The van der Waals surface area contributed by atoms with Gasteiger partial charge in [-0.3, -0.25) is 4.79 Å². The molecule has 0 radical (unpaired) electrons. The Morgan fingerprint density at radius 3 is 2.78 bits per heavy atom. The van der Waals surface area contributed by atoms with Gasteiger partial charge in [0.1, 0.15) is 5.82 Å². The van der Waals surface area contributed by atoms with Gasteiger partial charge >= 0.3 is 11.9 Å². The minimum Gasteiger partial charge on any atom is -0.463 e. The zero-order chi connectivity index (χ0) is 19.8. The molecule has 1 saturated heterocycles. The van der Waals surface area contributed by atoms with E-state index < -0.39 is 28.1 Å². The molecule has 1 aliphatic rings. The van der Waals surface area contributed by atoms with E-state index in [2.05, 4.69) is 4.98 Å². The minimum atomic E-state index is -3.55. The fourth-order valence-corrected chi connectivity index (χ4v) is 3.76. The van der Waals surface area contributed by atoms with Crippen LogP contribution in [0, 0.1) is 0 Å². The number of hydrogen-bond donors (Lipinski definition) is 0. The van der Waals surface area contributed by atoms with Crippen molar-refractivity contribution < 1.29 is 27.5 Å². The second kappa shape index (κ2) is 7.28. The standard InChI is InChI=1S/C17H21N3O6S/c1-19(2)27(23,24)11-4-5-13-12(10-11)18-15(20(13)3)6-7-16(21)26-14-8-9-25-17(14)22/h4-5,10,14H,6-9H2,1-3H3. The number of hydrogen-bond acceptors (Lipinski definition) is 7. The van der Waals surface area contributed by atoms with E-state index in [1.165, 1.54) is 26.2 Å². The van der Waals surface area contributed by atoms with Gasteiger partial charge in [0, 0.05) is 34.0 Å². The van der Waals surface area contributed by atoms with Crippen LogP contribution in [0.1, 0.15) is 18.7 Å². The zero-order valence-corrected chi connectivity index (χ0v) is 16.2. The molecular weight excluding hydrogens is 374 g/mol. The summed E-state index contributed by atoms with van der Waals surface area (Å²) in [7, 11) is 1.18. The molecule has 1 atom stereocenters. The fourth-order valence-electron chi connectivity index (χ4n) is 2.84. The minimum absolute atomic E-state index is 0.0593. The van der Waals surface area contributed by atoms with Crippen molar-refractivity contribution in [3.05, 3.63) is 24.0 Å². The van der Waals surface area contributed by atoms with Crippen molar-refractivity contribution in [2.75, 3.05) is 20.7 Å². The number of ether oxygens (including phenoxy) is 2. The Morgan fingerprint density at radius 2 is 2.15 bits per heavy atom. The SMILES string of the molecule is CN(C)S(=O)(=O)c1ccc2c(c1)nc(CCC(=O)OC1CCOC1=O)n2C. The number of benzene rings is 1. The Morgan fingerprint density at radius 1 is 1.41 bits per heavy atom. The van der Waals surface area contributed by atoms with Crippen molar-refractivity contribution in [1.82, 2.24) is 13.9 Å². The van der Waals surface area contributed by atoms with Crippen LogP contribution < -0.4 is 0 Å². The van der Waals surface area contributed by atoms with Crippen LogP contribution in [-0.2, 0) is 42.6 Å². The highest BCUT2D eigenvalue weighted by Crippen LogP contribution is 2.22. The lowest BCUT2D eigenvalue weighted by molar-refractivity contribution is -0.160. The Kier molecular flexibility index (Phi) is 5.20. The third-order valence-corrected chi connectivity index (χ3v) is 6.25. The predicted octanol–water partition coefficient (Wildman–Crippen LogP) is 0.615. The lowest BCUT2D eigenvalue weighted by Gasteiger charge is -2.10. The molecule has 0 aliphatic carbocycles. The molecule has 0 bridgehead atoms. The van der Waals surface area contributed by atoms with Crippen molar-refractivity contribution in [1.29, 1.82) is 0 Å². The number of carbonyl (C=O) groups is 2. The highest BCUT2D eigenvalue weighted by molar-refractivity contribution is 7.89. The Balaban J connectivity index is 1.74. The number of esters is 2. The molecule has 0 N–H and O–H groups in total. The molecule has 1 fully saturated rings. The second-order valence-electron chi connectivity index (χ2n) is 6.46. The van der Waals surface area contributed by atoms with Crippen LogP contribution in [-0.4, -0.2) is 61.0 Å². The monoisotopic (exact) mass is 395 g/mol. The summed E-state index contributed by atoms with van der Waals surface area (Å²) >= 11 is 0. The summed E-state index contributed by atoms with van der Waals surface area (Å²) in [4.78, 5) is 27.9. The first-order valence-electron chi connectivity index (χ1n) is 8.44. The number of aromatic nitrogens is 2. The van der Waals surface area contributed by atoms with Crippen molar-refractivity contribution >= 4 is 33.0 Å². The average molecular weight is 395 g/mol. The van der Waals surface area contributed by atoms with Gasteiger partial charge in [0.2, 0.25) is 16.1 Å².